The molecule has 164 valence electrons. The Morgan fingerprint density at radius 3 is 2.30 bits per heavy atom. The Morgan fingerprint density at radius 2 is 1.70 bits per heavy atom. The second kappa shape index (κ2) is 12.2. The monoisotopic (exact) mass is 441 g/mol. The zero-order chi connectivity index (χ0) is 22.6. The summed E-state index contributed by atoms with van der Waals surface area (Å²) < 4.78 is 27.2. The van der Waals surface area contributed by atoms with Crippen molar-refractivity contribution in [2.24, 2.45) is 0 Å². The summed E-state index contributed by atoms with van der Waals surface area (Å²) in [5.41, 5.74) is 0.773. The summed E-state index contributed by atoms with van der Waals surface area (Å²) in [4.78, 5) is 45.9. The van der Waals surface area contributed by atoms with Gasteiger partial charge in [0.05, 0.1) is 19.0 Å². The number of carbonyl (C=O) groups is 4. The molecule has 0 heterocycles. The lowest BCUT2D eigenvalue weighted by Gasteiger charge is -2.13. The van der Waals surface area contributed by atoms with Gasteiger partial charge in [-0.2, -0.15) is 0 Å². The summed E-state index contributed by atoms with van der Waals surface area (Å²) in [6.45, 7) is -0.904. The van der Waals surface area contributed by atoms with Crippen LogP contribution in [0, 0.1) is 0 Å². The van der Waals surface area contributed by atoms with E-state index in [9.17, 15) is 27.6 Å². The molecule has 11 nitrogen and oxygen atoms in total. The summed E-state index contributed by atoms with van der Waals surface area (Å²) in [7, 11) is -3.50. The predicted molar refractivity (Wildman–Crippen MR) is 106 cm³/mol. The van der Waals surface area contributed by atoms with E-state index in [-0.39, 0.29) is 6.61 Å². The van der Waals surface area contributed by atoms with E-state index in [1.807, 2.05) is 6.07 Å². The molecular weight excluding hydrogens is 418 g/mol. The van der Waals surface area contributed by atoms with Crippen LogP contribution in [0.2, 0.25) is 0 Å². The zero-order valence-corrected chi connectivity index (χ0v) is 17.0. The van der Waals surface area contributed by atoms with E-state index in [2.05, 4.69) is 16.0 Å². The molecular formula is C18H23N3O8S. The molecule has 0 fully saturated rings. The minimum Gasteiger partial charge on any atom is -0.481 e. The molecule has 0 aliphatic rings. The molecule has 30 heavy (non-hydrogen) atoms. The first-order valence-electron chi connectivity index (χ1n) is 8.66. The van der Waals surface area contributed by atoms with Crippen molar-refractivity contribution in [1.82, 2.24) is 16.0 Å². The molecule has 1 aromatic rings. The zero-order valence-electron chi connectivity index (χ0n) is 16.2. The Kier molecular flexibility index (Phi) is 10.0. The van der Waals surface area contributed by atoms with Crippen molar-refractivity contribution in [1.29, 1.82) is 0 Å². The average Bonchev–Trinajstić information content (AvgIpc) is 2.67. The van der Waals surface area contributed by atoms with Crippen LogP contribution in [-0.2, 0) is 35.6 Å². The molecule has 1 atom stereocenters. The van der Waals surface area contributed by atoms with Crippen molar-refractivity contribution in [2.45, 2.75) is 19.1 Å². The molecule has 4 N–H and O–H groups in total. The van der Waals surface area contributed by atoms with Crippen molar-refractivity contribution in [3.8, 4) is 0 Å². The third kappa shape index (κ3) is 12.1. The number of amides is 3. The predicted octanol–water partition coefficient (Wildman–Crippen LogP) is -0.453. The SMILES string of the molecule is CS(=O)(=O)/C=C/[C@H](CC(=O)O)NC(=O)CNC(=O)CNC(=O)OCc1ccccc1. The molecule has 0 bridgehead atoms. The molecule has 0 unspecified atom stereocenters. The fraction of sp³-hybridized carbons (Fsp3) is 0.333. The third-order valence-corrected chi connectivity index (χ3v) is 4.00. The topological polar surface area (TPSA) is 168 Å². The van der Waals surface area contributed by atoms with E-state index in [1.54, 1.807) is 24.3 Å². The van der Waals surface area contributed by atoms with E-state index in [0.29, 0.717) is 0 Å². The Morgan fingerprint density at radius 1 is 1.07 bits per heavy atom. The smallest absolute Gasteiger partial charge is 0.407 e. The summed E-state index contributed by atoms with van der Waals surface area (Å²) in [6, 6.07) is 7.84. The van der Waals surface area contributed by atoms with E-state index in [0.717, 1.165) is 23.3 Å². The van der Waals surface area contributed by atoms with Gasteiger partial charge in [-0.15, -0.1) is 0 Å². The van der Waals surface area contributed by atoms with Gasteiger partial charge in [0.15, 0.2) is 9.84 Å². The molecule has 0 spiro atoms. The van der Waals surface area contributed by atoms with Crippen LogP contribution in [-0.4, -0.2) is 62.8 Å². The number of hydrogen-bond acceptors (Lipinski definition) is 7. The normalized spacial score (nSPS) is 12.0. The van der Waals surface area contributed by atoms with Crippen LogP contribution in [0.1, 0.15) is 12.0 Å². The van der Waals surface area contributed by atoms with E-state index >= 15 is 0 Å². The van der Waals surface area contributed by atoms with E-state index in [1.165, 1.54) is 0 Å². The number of carboxylic acids is 1. The number of aliphatic carboxylic acids is 1. The standard InChI is InChI=1S/C18H23N3O8S/c1-30(27,28)8-7-14(9-17(24)25)21-16(23)11-19-15(22)10-20-18(26)29-12-13-5-3-2-4-6-13/h2-8,14H,9-12H2,1H3,(H,19,22)(H,20,26)(H,21,23)(H,24,25)/b8-7+/t14-/m1/s1. The van der Waals surface area contributed by atoms with Crippen LogP contribution in [0.15, 0.2) is 41.8 Å². The van der Waals surface area contributed by atoms with Gasteiger partial charge in [0.1, 0.15) is 13.2 Å². The minimum atomic E-state index is -3.50. The van der Waals surface area contributed by atoms with Crippen molar-refractivity contribution < 1.29 is 37.4 Å². The number of benzene rings is 1. The largest absolute Gasteiger partial charge is 0.481 e. The lowest BCUT2D eigenvalue weighted by atomic mass is 10.2. The van der Waals surface area contributed by atoms with Gasteiger partial charge in [-0.1, -0.05) is 36.4 Å². The van der Waals surface area contributed by atoms with Gasteiger partial charge < -0.3 is 25.8 Å². The number of alkyl carbamates (subject to hydrolysis) is 1. The first kappa shape index (κ1) is 24.6. The van der Waals surface area contributed by atoms with Crippen molar-refractivity contribution in [3.05, 3.63) is 47.4 Å². The maximum atomic E-state index is 11.8. The van der Waals surface area contributed by atoms with E-state index in [4.69, 9.17) is 9.84 Å². The van der Waals surface area contributed by atoms with Gasteiger partial charge in [0, 0.05) is 11.7 Å². The highest BCUT2D eigenvalue weighted by Crippen LogP contribution is 2.00. The van der Waals surface area contributed by atoms with Crippen molar-refractivity contribution in [3.63, 3.8) is 0 Å². The van der Waals surface area contributed by atoms with Crippen LogP contribution < -0.4 is 16.0 Å². The number of carbonyl (C=O) groups excluding carboxylic acids is 3. The number of hydrogen-bond donors (Lipinski definition) is 4. The first-order valence-corrected chi connectivity index (χ1v) is 10.6. The van der Waals surface area contributed by atoms with Crippen LogP contribution in [0.3, 0.4) is 0 Å². The summed E-state index contributed by atoms with van der Waals surface area (Å²) in [5, 5.41) is 16.3. The molecule has 0 radical (unpaired) electrons. The first-order chi connectivity index (χ1) is 14.0. The van der Waals surface area contributed by atoms with Gasteiger partial charge in [0.25, 0.3) is 0 Å². The number of sulfone groups is 1. The lowest BCUT2D eigenvalue weighted by molar-refractivity contribution is -0.137. The van der Waals surface area contributed by atoms with Crippen molar-refractivity contribution in [2.75, 3.05) is 19.3 Å². The molecule has 0 saturated carbocycles. The summed E-state index contributed by atoms with van der Waals surface area (Å²) in [6.07, 6.45) is 0.598. The van der Waals surface area contributed by atoms with Gasteiger partial charge >= 0.3 is 12.1 Å². The molecule has 3 amide bonds. The van der Waals surface area contributed by atoms with Crippen LogP contribution in [0.5, 0.6) is 0 Å². The van der Waals surface area contributed by atoms with E-state index < -0.39 is 59.3 Å². The quantitative estimate of drug-likeness (QED) is 0.358. The highest BCUT2D eigenvalue weighted by atomic mass is 32.2. The molecule has 1 rings (SSSR count). The average molecular weight is 441 g/mol. The Balaban J connectivity index is 2.36. The Labute approximate surface area is 173 Å². The van der Waals surface area contributed by atoms with Crippen LogP contribution in [0.25, 0.3) is 0 Å². The molecule has 1 aromatic carbocycles. The maximum Gasteiger partial charge on any atom is 0.407 e. The third-order valence-electron chi connectivity index (χ3n) is 3.35. The fourth-order valence-corrected chi connectivity index (χ4v) is 2.49. The summed E-state index contributed by atoms with van der Waals surface area (Å²) in [5.74, 6) is -2.66. The highest BCUT2D eigenvalue weighted by Gasteiger charge is 2.15. The van der Waals surface area contributed by atoms with Gasteiger partial charge in [-0.3, -0.25) is 14.4 Å². The minimum absolute atomic E-state index is 0.0304. The number of rotatable bonds is 11. The Bertz CT molecular complexity index is 884. The van der Waals surface area contributed by atoms with Crippen LogP contribution >= 0.6 is 0 Å². The maximum absolute atomic E-state index is 11.8. The number of ether oxygens (including phenoxy) is 1. The second-order valence-electron chi connectivity index (χ2n) is 6.12. The Hall–Kier alpha value is -3.41. The molecule has 0 saturated heterocycles. The molecule has 0 aliphatic carbocycles. The number of nitrogens with one attached hydrogen (secondary N) is 3. The molecule has 0 aromatic heterocycles. The van der Waals surface area contributed by atoms with Crippen molar-refractivity contribution >= 4 is 33.7 Å². The van der Waals surface area contributed by atoms with Gasteiger partial charge in [-0.05, 0) is 5.56 Å². The molecule has 0 aliphatic heterocycles. The van der Waals surface area contributed by atoms with Gasteiger partial charge in [0.2, 0.25) is 11.8 Å². The second-order valence-corrected chi connectivity index (χ2v) is 8.05. The molecule has 12 heteroatoms. The lowest BCUT2D eigenvalue weighted by Crippen LogP contribution is -2.44. The van der Waals surface area contributed by atoms with Crippen LogP contribution in [0.4, 0.5) is 4.79 Å². The highest BCUT2D eigenvalue weighted by molar-refractivity contribution is 7.93. The fourth-order valence-electron chi connectivity index (χ4n) is 2.02. The van der Waals surface area contributed by atoms with Gasteiger partial charge in [-0.25, -0.2) is 13.2 Å². The summed E-state index contributed by atoms with van der Waals surface area (Å²) >= 11 is 0. The number of carboxylic acid groups (broad SMARTS) is 1.